The number of aromatic nitrogens is 3. The van der Waals surface area contributed by atoms with Crippen LogP contribution >= 0.6 is 0 Å². The Bertz CT molecular complexity index is 3440. The highest BCUT2D eigenvalue weighted by atomic mass is 16.3. The lowest BCUT2D eigenvalue weighted by Crippen LogP contribution is -2.17. The molecular formula is C66H67N3O. The molecule has 7 aromatic carbocycles. The van der Waals surface area contributed by atoms with Crippen molar-refractivity contribution in [1.82, 2.24) is 14.5 Å². The summed E-state index contributed by atoms with van der Waals surface area (Å²) < 4.78 is 20.3. The number of benzene rings is 7. The van der Waals surface area contributed by atoms with Crippen LogP contribution in [-0.2, 0) is 22.6 Å². The lowest BCUT2D eigenvalue weighted by Gasteiger charge is -2.28. The summed E-state index contributed by atoms with van der Waals surface area (Å²) in [5, 5.41) is 12.6. The van der Waals surface area contributed by atoms with Crippen LogP contribution in [0.4, 0.5) is 0 Å². The van der Waals surface area contributed by atoms with Gasteiger partial charge in [-0.1, -0.05) is 197 Å². The second-order valence-electron chi connectivity index (χ2n) is 22.5. The number of phenols is 1. The fourth-order valence-corrected chi connectivity index (χ4v) is 10.2. The van der Waals surface area contributed by atoms with Crippen molar-refractivity contribution < 1.29 is 7.85 Å². The van der Waals surface area contributed by atoms with Gasteiger partial charge in [0.2, 0.25) is 0 Å². The molecule has 352 valence electrons. The van der Waals surface area contributed by atoms with Gasteiger partial charge >= 0.3 is 0 Å². The number of aromatic hydroxyl groups is 1. The van der Waals surface area contributed by atoms with E-state index in [1.165, 1.54) is 5.56 Å². The first-order chi connectivity index (χ1) is 34.3. The molecule has 1 saturated carbocycles. The second-order valence-corrected chi connectivity index (χ2v) is 22.5. The molecule has 2 heterocycles. The van der Waals surface area contributed by atoms with E-state index in [9.17, 15) is 5.11 Å². The third-order valence-corrected chi connectivity index (χ3v) is 14.2. The molecule has 4 heteroatoms. The van der Waals surface area contributed by atoms with Gasteiger partial charge in [0.05, 0.1) is 28.0 Å². The molecule has 0 aliphatic heterocycles. The third-order valence-electron chi connectivity index (χ3n) is 14.2. The first-order valence-corrected chi connectivity index (χ1v) is 25.1. The maximum absolute atomic E-state index is 12.6. The Balaban J connectivity index is 1.20. The molecule has 0 bridgehead atoms. The Morgan fingerprint density at radius 2 is 1.16 bits per heavy atom. The molecule has 1 fully saturated rings. The van der Waals surface area contributed by atoms with Gasteiger partial charge in [0, 0.05) is 31.2 Å². The molecule has 1 aliphatic carbocycles. The zero-order valence-corrected chi connectivity index (χ0v) is 42.4. The molecule has 70 heavy (non-hydrogen) atoms. The van der Waals surface area contributed by atoms with Gasteiger partial charge in [0.25, 0.3) is 0 Å². The maximum atomic E-state index is 12.6. The highest BCUT2D eigenvalue weighted by Gasteiger charge is 2.30. The minimum Gasteiger partial charge on any atom is -0.507 e. The molecule has 1 aliphatic rings. The first kappa shape index (κ1) is 44.2. The molecule has 4 nitrogen and oxygen atoms in total. The van der Waals surface area contributed by atoms with Crippen molar-refractivity contribution in [3.8, 4) is 78.6 Å². The number of phenolic OH excluding ortho intramolecular Hbond substituents is 1. The number of rotatable bonds is 9. The summed E-state index contributed by atoms with van der Waals surface area (Å²) in [4.78, 5) is 10.7. The van der Waals surface area contributed by atoms with E-state index < -0.39 is 6.37 Å². The lowest BCUT2D eigenvalue weighted by molar-refractivity contribution is 0.446. The molecule has 0 amide bonds. The molecule has 0 radical (unpaired) electrons. The average molecular weight is 920 g/mol. The first-order valence-electron chi connectivity index (χ1n) is 26.1. The van der Waals surface area contributed by atoms with Crippen molar-refractivity contribution in [2.75, 3.05) is 0 Å². The summed E-state index contributed by atoms with van der Waals surface area (Å²) in [7, 11) is 0. The van der Waals surface area contributed by atoms with Crippen LogP contribution in [0.2, 0.25) is 0 Å². The Kier molecular flexibility index (Phi) is 11.6. The summed E-state index contributed by atoms with van der Waals surface area (Å²) in [5.41, 5.74) is 16.9. The summed E-state index contributed by atoms with van der Waals surface area (Å²) >= 11 is 0. The van der Waals surface area contributed by atoms with Gasteiger partial charge in [-0.15, -0.1) is 0 Å². The second kappa shape index (κ2) is 18.4. The zero-order chi connectivity index (χ0) is 50.7. The van der Waals surface area contributed by atoms with Gasteiger partial charge in [-0.3, -0.25) is 9.55 Å². The van der Waals surface area contributed by atoms with Crippen LogP contribution in [0.3, 0.4) is 0 Å². The molecule has 0 spiro atoms. The Labute approximate surface area is 419 Å². The van der Waals surface area contributed by atoms with E-state index >= 15 is 0 Å². The number of nitrogens with zero attached hydrogens (tertiary/aromatic N) is 3. The summed E-state index contributed by atoms with van der Waals surface area (Å²) in [6.07, 6.45) is 4.62. The van der Waals surface area contributed by atoms with Crippen LogP contribution in [0.1, 0.15) is 113 Å². The Morgan fingerprint density at radius 1 is 0.529 bits per heavy atom. The fourth-order valence-electron chi connectivity index (χ4n) is 10.2. The predicted molar refractivity (Wildman–Crippen MR) is 295 cm³/mol. The highest BCUT2D eigenvalue weighted by Crippen LogP contribution is 2.46. The molecule has 0 atom stereocenters. The molecule has 10 rings (SSSR count). The highest BCUT2D eigenvalue weighted by molar-refractivity contribution is 5.98. The van der Waals surface area contributed by atoms with E-state index in [-0.39, 0.29) is 27.9 Å². The molecule has 0 saturated heterocycles. The van der Waals surface area contributed by atoms with E-state index in [0.29, 0.717) is 11.4 Å². The Hall–Kier alpha value is -7.04. The SMILES string of the molecule is [2H]C([2H])(c1ccc(-c2ccnc(-c3cc(-c4ccccc4)cc(-c4cccc5c4nc(-c4cc(C(C)(C)C)cc(C(C)(C)C)c4O)n5-c4ccc(C(C)(C)C)cc4-c4ccccc4)c3)c2)cc1)C1CCCC1. The number of fused-ring (bicyclic) bond motifs is 1. The quantitative estimate of drug-likeness (QED) is 0.157. The summed E-state index contributed by atoms with van der Waals surface area (Å²) in [6.45, 7) is 19.9. The third kappa shape index (κ3) is 9.37. The van der Waals surface area contributed by atoms with Gasteiger partial charge in [-0.05, 0) is 133 Å². The fraction of sp³-hybridized carbons (Fsp3) is 0.273. The van der Waals surface area contributed by atoms with Crippen LogP contribution in [0.5, 0.6) is 5.75 Å². The van der Waals surface area contributed by atoms with Gasteiger partial charge < -0.3 is 5.11 Å². The van der Waals surface area contributed by atoms with Gasteiger partial charge in [0.1, 0.15) is 11.6 Å². The van der Waals surface area contributed by atoms with Gasteiger partial charge in [-0.25, -0.2) is 4.98 Å². The van der Waals surface area contributed by atoms with E-state index in [0.717, 1.165) is 115 Å². The van der Waals surface area contributed by atoms with Crippen LogP contribution in [0.15, 0.2) is 170 Å². The zero-order valence-electron chi connectivity index (χ0n) is 44.4. The number of pyridine rings is 1. The monoisotopic (exact) mass is 920 g/mol. The Morgan fingerprint density at radius 3 is 1.83 bits per heavy atom. The molecule has 0 unspecified atom stereocenters. The van der Waals surface area contributed by atoms with Crippen molar-refractivity contribution in [3.05, 3.63) is 192 Å². The van der Waals surface area contributed by atoms with E-state index in [4.69, 9.17) is 12.7 Å². The normalized spacial score (nSPS) is 14.2. The minimum atomic E-state index is -1.35. The molecule has 1 N–H and O–H groups in total. The summed E-state index contributed by atoms with van der Waals surface area (Å²) in [5.74, 6) is 0.971. The minimum absolute atomic E-state index is 0.0630. The van der Waals surface area contributed by atoms with Crippen molar-refractivity contribution in [2.45, 2.75) is 111 Å². The van der Waals surface area contributed by atoms with Crippen molar-refractivity contribution in [1.29, 1.82) is 0 Å². The topological polar surface area (TPSA) is 50.9 Å². The van der Waals surface area contributed by atoms with Crippen molar-refractivity contribution >= 4 is 11.0 Å². The summed E-state index contributed by atoms with van der Waals surface area (Å²) in [6, 6.07) is 57.7. The number of para-hydroxylation sites is 1. The smallest absolute Gasteiger partial charge is 0.149 e. The van der Waals surface area contributed by atoms with Crippen LogP contribution in [0.25, 0.3) is 83.9 Å². The number of hydrogen-bond acceptors (Lipinski definition) is 3. The van der Waals surface area contributed by atoms with Gasteiger partial charge in [-0.2, -0.15) is 0 Å². The molecular weight excluding hydrogens is 851 g/mol. The predicted octanol–water partition coefficient (Wildman–Crippen LogP) is 17.8. The number of hydrogen-bond donors (Lipinski definition) is 1. The average Bonchev–Trinajstić information content (AvgIpc) is 4.06. The van der Waals surface area contributed by atoms with Crippen LogP contribution < -0.4 is 0 Å². The standard InChI is InChI=1S/C66H67N3O/c1-64(2,3)52-31-32-59(55(40-52)47-23-14-11-15-24-47)69-60-26-18-25-54(61(60)68-63(69)56-41-53(65(4,5)6)42-57(62(56)70)66(7,8)9)50-36-49(45-21-12-10-13-22-45)37-51(38-50)58-39-48(33-34-67-58)46-29-27-44(28-30-46)35-43-19-16-17-20-43/h10-15,18,21-34,36-43,70H,16-17,19-20,35H2,1-9H3/i35D2. The van der Waals surface area contributed by atoms with Crippen molar-refractivity contribution in [3.63, 3.8) is 0 Å². The van der Waals surface area contributed by atoms with Crippen LogP contribution in [0, 0.1) is 5.92 Å². The lowest BCUT2D eigenvalue weighted by atomic mass is 9.79. The van der Waals surface area contributed by atoms with Crippen LogP contribution in [-0.4, -0.2) is 19.6 Å². The van der Waals surface area contributed by atoms with E-state index in [1.807, 2.05) is 30.5 Å². The van der Waals surface area contributed by atoms with E-state index in [2.05, 4.69) is 206 Å². The van der Waals surface area contributed by atoms with E-state index in [1.54, 1.807) is 0 Å². The van der Waals surface area contributed by atoms with Crippen molar-refractivity contribution in [2.24, 2.45) is 5.92 Å². The maximum Gasteiger partial charge on any atom is 0.149 e. The molecule has 9 aromatic rings. The molecule has 2 aromatic heterocycles. The number of imidazole rings is 1. The van der Waals surface area contributed by atoms with Gasteiger partial charge in [0.15, 0.2) is 0 Å². The largest absolute Gasteiger partial charge is 0.507 e.